The molecule has 0 unspecified atom stereocenters. The van der Waals surface area contributed by atoms with Crippen molar-refractivity contribution in [2.45, 2.75) is 32.1 Å². The Bertz CT molecular complexity index is 720. The SMILES string of the molecule is CC1(C)C(=O)Nc2ccc(NC(=O)CCc3cccs3)cc21. The maximum Gasteiger partial charge on any atom is 0.234 e. The molecule has 0 saturated heterocycles. The van der Waals surface area contributed by atoms with E-state index in [1.165, 1.54) is 4.88 Å². The van der Waals surface area contributed by atoms with Crippen molar-refractivity contribution in [1.29, 1.82) is 0 Å². The molecule has 114 valence electrons. The molecule has 5 heteroatoms. The number of hydrogen-bond acceptors (Lipinski definition) is 3. The zero-order chi connectivity index (χ0) is 15.7. The van der Waals surface area contributed by atoms with Crippen molar-refractivity contribution in [1.82, 2.24) is 0 Å². The van der Waals surface area contributed by atoms with Gasteiger partial charge in [0.25, 0.3) is 0 Å². The Hall–Kier alpha value is -2.14. The first kappa shape index (κ1) is 14.8. The van der Waals surface area contributed by atoms with Crippen molar-refractivity contribution in [2.75, 3.05) is 10.6 Å². The van der Waals surface area contributed by atoms with E-state index in [9.17, 15) is 9.59 Å². The Morgan fingerprint density at radius 3 is 2.86 bits per heavy atom. The maximum absolute atomic E-state index is 12.0. The van der Waals surface area contributed by atoms with Crippen LogP contribution in [0.3, 0.4) is 0 Å². The lowest BCUT2D eigenvalue weighted by atomic mass is 9.86. The fourth-order valence-electron chi connectivity index (χ4n) is 2.56. The first-order chi connectivity index (χ1) is 10.5. The highest BCUT2D eigenvalue weighted by Crippen LogP contribution is 2.38. The largest absolute Gasteiger partial charge is 0.326 e. The van der Waals surface area contributed by atoms with E-state index in [1.54, 1.807) is 11.3 Å². The molecule has 0 aliphatic carbocycles. The number of benzene rings is 1. The van der Waals surface area contributed by atoms with Crippen LogP contribution in [-0.4, -0.2) is 11.8 Å². The Balaban J connectivity index is 1.68. The third-order valence-electron chi connectivity index (χ3n) is 3.97. The standard InChI is InChI=1S/C17H18N2O2S/c1-17(2)13-10-11(5-7-14(13)19-16(17)21)18-15(20)8-6-12-4-3-9-22-12/h3-5,7,9-10H,6,8H2,1-2H3,(H,18,20)(H,19,21). The lowest BCUT2D eigenvalue weighted by Crippen LogP contribution is -2.26. The van der Waals surface area contributed by atoms with Crippen LogP contribution in [0.1, 0.15) is 30.7 Å². The summed E-state index contributed by atoms with van der Waals surface area (Å²) in [5.41, 5.74) is 1.92. The van der Waals surface area contributed by atoms with E-state index in [-0.39, 0.29) is 11.8 Å². The molecular formula is C17H18N2O2S. The van der Waals surface area contributed by atoms with Gasteiger partial charge < -0.3 is 10.6 Å². The number of anilines is 2. The van der Waals surface area contributed by atoms with Gasteiger partial charge in [0.2, 0.25) is 11.8 Å². The van der Waals surface area contributed by atoms with Gasteiger partial charge in [0.05, 0.1) is 5.41 Å². The third kappa shape index (κ3) is 2.76. The fraction of sp³-hybridized carbons (Fsp3) is 0.294. The molecule has 0 fully saturated rings. The van der Waals surface area contributed by atoms with E-state index in [4.69, 9.17) is 0 Å². The van der Waals surface area contributed by atoms with Crippen LogP contribution in [0.2, 0.25) is 0 Å². The van der Waals surface area contributed by atoms with E-state index in [2.05, 4.69) is 10.6 Å². The molecule has 2 amide bonds. The number of hydrogen-bond donors (Lipinski definition) is 2. The number of thiophene rings is 1. The van der Waals surface area contributed by atoms with Gasteiger partial charge in [-0.2, -0.15) is 0 Å². The average Bonchev–Trinajstić information content (AvgIpc) is 3.06. The van der Waals surface area contributed by atoms with Crippen LogP contribution in [0.15, 0.2) is 35.7 Å². The topological polar surface area (TPSA) is 58.2 Å². The number of fused-ring (bicyclic) bond motifs is 1. The average molecular weight is 314 g/mol. The molecule has 1 aromatic carbocycles. The number of carbonyl (C=O) groups excluding carboxylic acids is 2. The summed E-state index contributed by atoms with van der Waals surface area (Å²) in [5.74, 6) is -0.0212. The quantitative estimate of drug-likeness (QED) is 0.906. The highest BCUT2D eigenvalue weighted by molar-refractivity contribution is 7.09. The lowest BCUT2D eigenvalue weighted by Gasteiger charge is -2.16. The third-order valence-corrected chi connectivity index (χ3v) is 4.91. The molecule has 0 radical (unpaired) electrons. The van der Waals surface area contributed by atoms with Crippen LogP contribution >= 0.6 is 11.3 Å². The predicted molar refractivity (Wildman–Crippen MR) is 89.4 cm³/mol. The number of aryl methyl sites for hydroxylation is 1. The minimum Gasteiger partial charge on any atom is -0.326 e. The summed E-state index contributed by atoms with van der Waals surface area (Å²) in [5, 5.41) is 7.79. The summed E-state index contributed by atoms with van der Waals surface area (Å²) in [7, 11) is 0. The molecule has 2 N–H and O–H groups in total. The van der Waals surface area contributed by atoms with E-state index in [0.29, 0.717) is 6.42 Å². The number of amides is 2. The molecule has 0 saturated carbocycles. The molecule has 2 aromatic rings. The van der Waals surface area contributed by atoms with E-state index in [1.807, 2.05) is 49.6 Å². The zero-order valence-corrected chi connectivity index (χ0v) is 13.4. The van der Waals surface area contributed by atoms with Crippen molar-refractivity contribution >= 4 is 34.5 Å². The second kappa shape index (κ2) is 5.57. The van der Waals surface area contributed by atoms with Crippen molar-refractivity contribution < 1.29 is 9.59 Å². The van der Waals surface area contributed by atoms with Crippen molar-refractivity contribution in [3.63, 3.8) is 0 Å². The molecule has 0 bridgehead atoms. The van der Waals surface area contributed by atoms with Crippen LogP contribution in [0.5, 0.6) is 0 Å². The first-order valence-corrected chi connectivity index (χ1v) is 8.13. The Kier molecular flexibility index (Phi) is 3.74. The molecule has 1 aliphatic heterocycles. The summed E-state index contributed by atoms with van der Waals surface area (Å²) in [4.78, 5) is 25.2. The van der Waals surface area contributed by atoms with Crippen LogP contribution in [0.4, 0.5) is 11.4 Å². The second-order valence-electron chi connectivity index (χ2n) is 5.97. The molecule has 2 heterocycles. The van der Waals surface area contributed by atoms with Gasteiger partial charge in [-0.15, -0.1) is 11.3 Å². The molecule has 0 atom stereocenters. The summed E-state index contributed by atoms with van der Waals surface area (Å²) in [6.07, 6.45) is 1.21. The fourth-order valence-corrected chi connectivity index (χ4v) is 3.27. The van der Waals surface area contributed by atoms with Crippen molar-refractivity contribution in [2.24, 2.45) is 0 Å². The van der Waals surface area contributed by atoms with Gasteiger partial charge in [-0.05, 0) is 55.5 Å². The molecule has 1 aliphatic rings. The summed E-state index contributed by atoms with van der Waals surface area (Å²) < 4.78 is 0. The molecule has 0 spiro atoms. The minimum absolute atomic E-state index is 0.0105. The Labute approximate surface area is 133 Å². The smallest absolute Gasteiger partial charge is 0.234 e. The molecule has 1 aromatic heterocycles. The monoisotopic (exact) mass is 314 g/mol. The Morgan fingerprint density at radius 2 is 2.14 bits per heavy atom. The van der Waals surface area contributed by atoms with Crippen LogP contribution < -0.4 is 10.6 Å². The summed E-state index contributed by atoms with van der Waals surface area (Å²) in [6, 6.07) is 9.58. The van der Waals surface area contributed by atoms with Crippen LogP contribution in [0.25, 0.3) is 0 Å². The highest BCUT2D eigenvalue weighted by Gasteiger charge is 2.38. The normalized spacial score (nSPS) is 15.3. The summed E-state index contributed by atoms with van der Waals surface area (Å²) in [6.45, 7) is 3.77. The van der Waals surface area contributed by atoms with Crippen LogP contribution in [-0.2, 0) is 21.4 Å². The minimum atomic E-state index is -0.562. The van der Waals surface area contributed by atoms with Gasteiger partial charge in [-0.3, -0.25) is 9.59 Å². The van der Waals surface area contributed by atoms with Gasteiger partial charge in [-0.25, -0.2) is 0 Å². The molecule has 22 heavy (non-hydrogen) atoms. The van der Waals surface area contributed by atoms with Gasteiger partial charge in [0.15, 0.2) is 0 Å². The molecule has 3 rings (SSSR count). The number of nitrogens with one attached hydrogen (secondary N) is 2. The second-order valence-corrected chi connectivity index (χ2v) is 7.00. The maximum atomic E-state index is 12.0. The van der Waals surface area contributed by atoms with Gasteiger partial charge in [-0.1, -0.05) is 6.07 Å². The molecular weight excluding hydrogens is 296 g/mol. The predicted octanol–water partition coefficient (Wildman–Crippen LogP) is 3.55. The van der Waals surface area contributed by atoms with Gasteiger partial charge in [0, 0.05) is 22.7 Å². The van der Waals surface area contributed by atoms with Crippen LogP contribution in [0, 0.1) is 0 Å². The van der Waals surface area contributed by atoms with Crippen molar-refractivity contribution in [3.05, 3.63) is 46.2 Å². The first-order valence-electron chi connectivity index (χ1n) is 7.25. The van der Waals surface area contributed by atoms with Gasteiger partial charge >= 0.3 is 0 Å². The Morgan fingerprint density at radius 1 is 1.32 bits per heavy atom. The zero-order valence-electron chi connectivity index (χ0n) is 12.6. The van der Waals surface area contributed by atoms with Crippen molar-refractivity contribution in [3.8, 4) is 0 Å². The summed E-state index contributed by atoms with van der Waals surface area (Å²) >= 11 is 1.66. The van der Waals surface area contributed by atoms with Gasteiger partial charge in [0.1, 0.15) is 0 Å². The van der Waals surface area contributed by atoms with E-state index < -0.39 is 5.41 Å². The van der Waals surface area contributed by atoms with E-state index in [0.717, 1.165) is 23.4 Å². The lowest BCUT2D eigenvalue weighted by molar-refractivity contribution is -0.119. The molecule has 4 nitrogen and oxygen atoms in total. The highest BCUT2D eigenvalue weighted by atomic mass is 32.1. The number of carbonyl (C=O) groups is 2. The number of rotatable bonds is 4. The van der Waals surface area contributed by atoms with E-state index >= 15 is 0 Å².